The predicted octanol–water partition coefficient (Wildman–Crippen LogP) is 2.32. The van der Waals surface area contributed by atoms with Gasteiger partial charge in [0.1, 0.15) is 12.4 Å². The Balaban J connectivity index is 2.29. The summed E-state index contributed by atoms with van der Waals surface area (Å²) in [6.07, 6.45) is 4.00. The Morgan fingerprint density at radius 2 is 1.60 bits per heavy atom. The molecule has 15 heavy (non-hydrogen) atoms. The highest BCUT2D eigenvalue weighted by Gasteiger charge is 2.09. The summed E-state index contributed by atoms with van der Waals surface area (Å²) in [6, 6.07) is 7.51. The van der Waals surface area contributed by atoms with Gasteiger partial charge >= 0.3 is 0 Å². The number of aliphatic hydroxyl groups is 1. The number of aliphatic hydroxyl groups excluding tert-OH is 1. The maximum absolute atomic E-state index is 9.99. The Labute approximate surface area is 96.0 Å². The minimum absolute atomic E-state index is 0.667. The van der Waals surface area contributed by atoms with Crippen molar-refractivity contribution in [2.24, 2.45) is 0 Å². The number of hydrogen-bond acceptors (Lipinski definition) is 3. The molecule has 0 radical (unpaired) electrons. The largest absolute Gasteiger partial charge is 0.384 e. The average Bonchev–Trinajstić information content (AvgIpc) is 2.30. The zero-order valence-corrected chi connectivity index (χ0v) is 9.42. The van der Waals surface area contributed by atoms with E-state index in [0.29, 0.717) is 5.56 Å². The van der Waals surface area contributed by atoms with Crippen LogP contribution in [0.2, 0.25) is 0 Å². The van der Waals surface area contributed by atoms with Crippen LogP contribution in [0.1, 0.15) is 17.2 Å². The first-order valence-electron chi connectivity index (χ1n) is 4.46. The molecule has 0 fully saturated rings. The van der Waals surface area contributed by atoms with E-state index >= 15 is 0 Å². The van der Waals surface area contributed by atoms with Gasteiger partial charge in [-0.05, 0) is 17.7 Å². The summed E-state index contributed by atoms with van der Waals surface area (Å²) in [6.45, 7) is 0. The van der Waals surface area contributed by atoms with Crippen molar-refractivity contribution in [2.75, 3.05) is 0 Å². The molecule has 2 aromatic rings. The predicted molar refractivity (Wildman–Crippen MR) is 60.2 cm³/mol. The fourth-order valence-corrected chi connectivity index (χ4v) is 1.55. The lowest BCUT2D eigenvalue weighted by atomic mass is 10.0. The normalized spacial score (nSPS) is 12.4. The molecular formula is C11H9BrN2O. The highest BCUT2D eigenvalue weighted by molar-refractivity contribution is 9.10. The Morgan fingerprint density at radius 3 is 2.20 bits per heavy atom. The minimum Gasteiger partial charge on any atom is -0.384 e. The van der Waals surface area contributed by atoms with Crippen molar-refractivity contribution in [1.29, 1.82) is 0 Å². The van der Waals surface area contributed by atoms with E-state index in [2.05, 4.69) is 25.9 Å². The molecule has 1 aromatic heterocycles. The van der Waals surface area contributed by atoms with Crippen LogP contribution in [0.3, 0.4) is 0 Å². The molecule has 0 aliphatic rings. The SMILES string of the molecule is OC(c1ccc(Br)cc1)c1cncnc1. The maximum Gasteiger partial charge on any atom is 0.115 e. The molecule has 0 amide bonds. The first-order valence-corrected chi connectivity index (χ1v) is 5.25. The van der Waals surface area contributed by atoms with Gasteiger partial charge in [-0.2, -0.15) is 0 Å². The van der Waals surface area contributed by atoms with Crippen LogP contribution < -0.4 is 0 Å². The first-order chi connectivity index (χ1) is 7.27. The third-order valence-electron chi connectivity index (χ3n) is 2.08. The van der Waals surface area contributed by atoms with Gasteiger partial charge in [0.2, 0.25) is 0 Å². The quantitative estimate of drug-likeness (QED) is 0.906. The van der Waals surface area contributed by atoms with Gasteiger partial charge in [-0.1, -0.05) is 28.1 Å². The van der Waals surface area contributed by atoms with Crippen molar-refractivity contribution in [2.45, 2.75) is 6.10 Å². The second-order valence-electron chi connectivity index (χ2n) is 3.13. The van der Waals surface area contributed by atoms with E-state index in [-0.39, 0.29) is 0 Å². The molecule has 0 spiro atoms. The van der Waals surface area contributed by atoms with Gasteiger partial charge < -0.3 is 5.11 Å². The summed E-state index contributed by atoms with van der Waals surface area (Å²) < 4.78 is 0.989. The van der Waals surface area contributed by atoms with Gasteiger partial charge in [0, 0.05) is 22.4 Å². The molecule has 1 unspecified atom stereocenters. The molecule has 0 bridgehead atoms. The van der Waals surface area contributed by atoms with Crippen LogP contribution in [-0.4, -0.2) is 15.1 Å². The minimum atomic E-state index is -0.667. The van der Waals surface area contributed by atoms with Crippen LogP contribution in [0, 0.1) is 0 Å². The second-order valence-corrected chi connectivity index (χ2v) is 4.04. The van der Waals surface area contributed by atoms with Crippen molar-refractivity contribution < 1.29 is 5.11 Å². The number of benzene rings is 1. The van der Waals surface area contributed by atoms with E-state index in [1.807, 2.05) is 24.3 Å². The average molecular weight is 265 g/mol. The Morgan fingerprint density at radius 1 is 1.00 bits per heavy atom. The molecule has 76 valence electrons. The Kier molecular flexibility index (Phi) is 3.08. The highest BCUT2D eigenvalue weighted by atomic mass is 79.9. The summed E-state index contributed by atoms with van der Waals surface area (Å²) in [5, 5.41) is 9.99. The van der Waals surface area contributed by atoms with Gasteiger partial charge in [0.05, 0.1) is 0 Å². The van der Waals surface area contributed by atoms with Gasteiger partial charge in [0.25, 0.3) is 0 Å². The second kappa shape index (κ2) is 4.51. The van der Waals surface area contributed by atoms with Crippen LogP contribution in [0.4, 0.5) is 0 Å². The van der Waals surface area contributed by atoms with E-state index in [4.69, 9.17) is 0 Å². The van der Waals surface area contributed by atoms with Gasteiger partial charge in [-0.15, -0.1) is 0 Å². The molecule has 1 aromatic carbocycles. The van der Waals surface area contributed by atoms with E-state index < -0.39 is 6.10 Å². The summed E-state index contributed by atoms with van der Waals surface area (Å²) in [4.78, 5) is 7.74. The smallest absolute Gasteiger partial charge is 0.115 e. The van der Waals surface area contributed by atoms with E-state index in [1.54, 1.807) is 12.4 Å². The molecule has 2 rings (SSSR count). The zero-order valence-electron chi connectivity index (χ0n) is 7.84. The van der Waals surface area contributed by atoms with Crippen molar-refractivity contribution in [3.8, 4) is 0 Å². The van der Waals surface area contributed by atoms with E-state index in [1.165, 1.54) is 6.33 Å². The standard InChI is InChI=1S/C11H9BrN2O/c12-10-3-1-8(2-4-10)11(15)9-5-13-7-14-6-9/h1-7,11,15H. The highest BCUT2D eigenvalue weighted by Crippen LogP contribution is 2.21. The molecule has 0 aliphatic heterocycles. The first kappa shape index (κ1) is 10.3. The van der Waals surface area contributed by atoms with Crippen LogP contribution in [0.25, 0.3) is 0 Å². The molecule has 4 heteroatoms. The van der Waals surface area contributed by atoms with Crippen molar-refractivity contribution >= 4 is 15.9 Å². The Bertz CT molecular complexity index is 430. The lowest BCUT2D eigenvalue weighted by Gasteiger charge is -2.09. The molecular weight excluding hydrogens is 256 g/mol. The number of rotatable bonds is 2. The lowest BCUT2D eigenvalue weighted by Crippen LogP contribution is -2.00. The molecule has 3 nitrogen and oxygen atoms in total. The van der Waals surface area contributed by atoms with Gasteiger partial charge in [0.15, 0.2) is 0 Å². The molecule has 0 aliphatic carbocycles. The van der Waals surface area contributed by atoms with Crippen LogP contribution in [0.5, 0.6) is 0 Å². The summed E-state index contributed by atoms with van der Waals surface area (Å²) >= 11 is 3.34. The molecule has 1 N–H and O–H groups in total. The number of nitrogens with zero attached hydrogens (tertiary/aromatic N) is 2. The molecule has 1 heterocycles. The van der Waals surface area contributed by atoms with Crippen molar-refractivity contribution in [3.05, 3.63) is 58.6 Å². The topological polar surface area (TPSA) is 46.0 Å². The van der Waals surface area contributed by atoms with Crippen LogP contribution in [0.15, 0.2) is 47.5 Å². The van der Waals surface area contributed by atoms with Gasteiger partial charge in [-0.25, -0.2) is 9.97 Å². The molecule has 0 saturated heterocycles. The maximum atomic E-state index is 9.99. The monoisotopic (exact) mass is 264 g/mol. The fourth-order valence-electron chi connectivity index (χ4n) is 1.29. The lowest BCUT2D eigenvalue weighted by molar-refractivity contribution is 0.219. The van der Waals surface area contributed by atoms with E-state index in [9.17, 15) is 5.11 Å². The summed E-state index contributed by atoms with van der Waals surface area (Å²) in [5.41, 5.74) is 1.52. The zero-order chi connectivity index (χ0) is 10.7. The van der Waals surface area contributed by atoms with Crippen LogP contribution >= 0.6 is 15.9 Å². The third-order valence-corrected chi connectivity index (χ3v) is 2.61. The Hall–Kier alpha value is -1.26. The van der Waals surface area contributed by atoms with Crippen molar-refractivity contribution in [3.63, 3.8) is 0 Å². The van der Waals surface area contributed by atoms with Crippen molar-refractivity contribution in [1.82, 2.24) is 9.97 Å². The summed E-state index contributed by atoms with van der Waals surface area (Å²) in [5.74, 6) is 0. The molecule has 0 saturated carbocycles. The number of halogens is 1. The van der Waals surface area contributed by atoms with E-state index in [0.717, 1.165) is 10.0 Å². The third kappa shape index (κ3) is 2.40. The van der Waals surface area contributed by atoms with Gasteiger partial charge in [-0.3, -0.25) is 0 Å². The summed E-state index contributed by atoms with van der Waals surface area (Å²) in [7, 11) is 0. The number of aromatic nitrogens is 2. The molecule has 1 atom stereocenters. The van der Waals surface area contributed by atoms with Crippen LogP contribution in [-0.2, 0) is 0 Å². The fraction of sp³-hybridized carbons (Fsp3) is 0.0909. The number of hydrogen-bond donors (Lipinski definition) is 1.